The average Bonchev–Trinajstić information content (AvgIpc) is 3.10. The van der Waals surface area contributed by atoms with Crippen LogP contribution >= 0.6 is 0 Å². The highest BCUT2D eigenvalue weighted by molar-refractivity contribution is 5.99. The summed E-state index contributed by atoms with van der Waals surface area (Å²) in [6, 6.07) is 5.43. The maximum atomic E-state index is 12.9. The Labute approximate surface area is 207 Å². The standard InChI is InChI=1S/C27H35N3O5/c1-7-30-19(4)22(25(20(30)5)27(33)35-8-2)11-12-24(31)28-13-15-29(16-14-28)26(32)21-10-9-18(3)23(17-21)34-6/h9-12,17H,7-8,13-16H2,1-6H3/b12-11+. The average molecular weight is 482 g/mol. The number of methoxy groups -OCH3 is 1. The van der Waals surface area contributed by atoms with Crippen molar-refractivity contribution in [3.8, 4) is 5.75 Å². The number of carbonyl (C=O) groups excluding carboxylic acids is 3. The van der Waals surface area contributed by atoms with E-state index >= 15 is 0 Å². The molecule has 8 nitrogen and oxygen atoms in total. The van der Waals surface area contributed by atoms with Gasteiger partial charge >= 0.3 is 5.97 Å². The Morgan fingerprint density at radius 2 is 1.63 bits per heavy atom. The van der Waals surface area contributed by atoms with Gasteiger partial charge in [-0.3, -0.25) is 9.59 Å². The lowest BCUT2D eigenvalue weighted by molar-refractivity contribution is -0.127. The van der Waals surface area contributed by atoms with Crippen molar-refractivity contribution in [2.75, 3.05) is 39.9 Å². The number of nitrogens with zero attached hydrogens (tertiary/aromatic N) is 3. The summed E-state index contributed by atoms with van der Waals surface area (Å²) in [5, 5.41) is 0. The van der Waals surface area contributed by atoms with E-state index in [9.17, 15) is 14.4 Å². The van der Waals surface area contributed by atoms with E-state index in [-0.39, 0.29) is 24.4 Å². The topological polar surface area (TPSA) is 81.1 Å². The molecule has 1 fully saturated rings. The van der Waals surface area contributed by atoms with Gasteiger partial charge in [-0.05, 0) is 58.4 Å². The minimum atomic E-state index is -0.382. The van der Waals surface area contributed by atoms with E-state index in [1.165, 1.54) is 6.08 Å². The fraction of sp³-hybridized carbons (Fsp3) is 0.444. The molecule has 0 saturated carbocycles. The number of ether oxygens (including phenoxy) is 2. The normalized spacial score (nSPS) is 13.9. The Bertz CT molecular complexity index is 1140. The second kappa shape index (κ2) is 11.3. The van der Waals surface area contributed by atoms with Crippen LogP contribution in [0.1, 0.15) is 57.1 Å². The van der Waals surface area contributed by atoms with Crippen molar-refractivity contribution in [3.63, 3.8) is 0 Å². The third-order valence-electron chi connectivity index (χ3n) is 6.55. The Kier molecular flexibility index (Phi) is 8.38. The zero-order valence-electron chi connectivity index (χ0n) is 21.5. The molecule has 0 aliphatic carbocycles. The molecule has 1 aliphatic heterocycles. The number of amides is 2. The predicted octanol–water partition coefficient (Wildman–Crippen LogP) is 3.62. The number of esters is 1. The predicted molar refractivity (Wildman–Crippen MR) is 135 cm³/mol. The highest BCUT2D eigenvalue weighted by Crippen LogP contribution is 2.25. The molecule has 0 N–H and O–H groups in total. The van der Waals surface area contributed by atoms with Gasteiger partial charge < -0.3 is 23.8 Å². The molecule has 0 atom stereocenters. The highest BCUT2D eigenvalue weighted by atomic mass is 16.5. The zero-order chi connectivity index (χ0) is 25.7. The number of rotatable bonds is 7. The summed E-state index contributed by atoms with van der Waals surface area (Å²) in [5.41, 5.74) is 4.50. The molecule has 1 aromatic heterocycles. The maximum Gasteiger partial charge on any atom is 0.340 e. The van der Waals surface area contributed by atoms with Gasteiger partial charge in [0.15, 0.2) is 0 Å². The van der Waals surface area contributed by atoms with Crippen LogP contribution in [0.5, 0.6) is 5.75 Å². The summed E-state index contributed by atoms with van der Waals surface area (Å²) >= 11 is 0. The second-order valence-corrected chi connectivity index (χ2v) is 8.56. The summed E-state index contributed by atoms with van der Waals surface area (Å²) in [5.74, 6) is 0.0777. The molecule has 1 aromatic carbocycles. The molecule has 2 aromatic rings. The van der Waals surface area contributed by atoms with Crippen molar-refractivity contribution in [1.82, 2.24) is 14.4 Å². The fourth-order valence-corrected chi connectivity index (χ4v) is 4.57. The quantitative estimate of drug-likeness (QED) is 0.446. The molecular formula is C27H35N3O5. The van der Waals surface area contributed by atoms with Crippen LogP contribution in [0, 0.1) is 20.8 Å². The number of aromatic nitrogens is 1. The summed E-state index contributed by atoms with van der Waals surface area (Å²) in [6.45, 7) is 12.3. The smallest absolute Gasteiger partial charge is 0.340 e. The van der Waals surface area contributed by atoms with Crippen molar-refractivity contribution in [3.05, 3.63) is 57.9 Å². The number of carbonyl (C=O) groups is 3. The first-order valence-electron chi connectivity index (χ1n) is 12.0. The molecule has 0 bridgehead atoms. The van der Waals surface area contributed by atoms with E-state index < -0.39 is 0 Å². The molecular weight excluding hydrogens is 446 g/mol. The Hall–Kier alpha value is -3.55. The lowest BCUT2D eigenvalue weighted by Gasteiger charge is -2.34. The van der Waals surface area contributed by atoms with Crippen LogP contribution in [0.3, 0.4) is 0 Å². The monoisotopic (exact) mass is 481 g/mol. The second-order valence-electron chi connectivity index (χ2n) is 8.56. The first kappa shape index (κ1) is 26.1. The van der Waals surface area contributed by atoms with E-state index in [1.807, 2.05) is 38.3 Å². The van der Waals surface area contributed by atoms with E-state index in [0.717, 1.165) is 17.0 Å². The summed E-state index contributed by atoms with van der Waals surface area (Å²) in [4.78, 5) is 41.9. The van der Waals surface area contributed by atoms with Crippen LogP contribution in [0.15, 0.2) is 24.3 Å². The number of hydrogen-bond donors (Lipinski definition) is 0. The molecule has 1 aliphatic rings. The van der Waals surface area contributed by atoms with Crippen molar-refractivity contribution in [1.29, 1.82) is 0 Å². The number of aryl methyl sites for hydroxylation is 1. The molecule has 0 unspecified atom stereocenters. The SMILES string of the molecule is CCOC(=O)c1c(/C=C/C(=O)N2CCN(C(=O)c3ccc(C)c(OC)c3)CC2)c(C)n(CC)c1C. The molecule has 3 rings (SSSR count). The third-order valence-corrected chi connectivity index (χ3v) is 6.55. The molecule has 0 spiro atoms. The lowest BCUT2D eigenvalue weighted by Crippen LogP contribution is -2.50. The molecule has 2 amide bonds. The summed E-state index contributed by atoms with van der Waals surface area (Å²) in [6.07, 6.45) is 3.21. The lowest BCUT2D eigenvalue weighted by atomic mass is 10.1. The van der Waals surface area contributed by atoms with Gasteiger partial charge in [0.2, 0.25) is 5.91 Å². The Morgan fingerprint density at radius 1 is 0.971 bits per heavy atom. The van der Waals surface area contributed by atoms with E-state index in [0.29, 0.717) is 55.2 Å². The third kappa shape index (κ3) is 5.42. The van der Waals surface area contributed by atoms with Gasteiger partial charge in [0, 0.05) is 61.3 Å². The van der Waals surface area contributed by atoms with Crippen molar-refractivity contribution >= 4 is 23.9 Å². The van der Waals surface area contributed by atoms with Gasteiger partial charge in [-0.2, -0.15) is 0 Å². The first-order valence-corrected chi connectivity index (χ1v) is 12.0. The van der Waals surface area contributed by atoms with E-state index in [1.54, 1.807) is 42.0 Å². The van der Waals surface area contributed by atoms with E-state index in [4.69, 9.17) is 9.47 Å². The number of piperazine rings is 1. The van der Waals surface area contributed by atoms with Crippen LogP contribution in [0.2, 0.25) is 0 Å². The number of benzene rings is 1. The van der Waals surface area contributed by atoms with Crippen molar-refractivity contribution in [2.24, 2.45) is 0 Å². The molecule has 188 valence electrons. The largest absolute Gasteiger partial charge is 0.496 e. The first-order chi connectivity index (χ1) is 16.7. The molecule has 2 heterocycles. The molecule has 0 radical (unpaired) electrons. The van der Waals surface area contributed by atoms with Gasteiger partial charge in [-0.1, -0.05) is 6.07 Å². The summed E-state index contributed by atoms with van der Waals surface area (Å²) < 4.78 is 12.6. The van der Waals surface area contributed by atoms with Gasteiger partial charge in [-0.25, -0.2) is 4.79 Å². The van der Waals surface area contributed by atoms with Crippen LogP contribution in [0.25, 0.3) is 6.08 Å². The summed E-state index contributed by atoms with van der Waals surface area (Å²) in [7, 11) is 1.59. The highest BCUT2D eigenvalue weighted by Gasteiger charge is 2.26. The zero-order valence-corrected chi connectivity index (χ0v) is 21.5. The van der Waals surface area contributed by atoms with Gasteiger partial charge in [0.25, 0.3) is 5.91 Å². The van der Waals surface area contributed by atoms with Crippen LogP contribution < -0.4 is 4.74 Å². The van der Waals surface area contributed by atoms with Gasteiger partial charge in [-0.15, -0.1) is 0 Å². The minimum absolute atomic E-state index is 0.0722. The van der Waals surface area contributed by atoms with Crippen LogP contribution in [0.4, 0.5) is 0 Å². The van der Waals surface area contributed by atoms with Gasteiger partial charge in [0.1, 0.15) is 5.75 Å². The number of hydrogen-bond acceptors (Lipinski definition) is 5. The molecule has 1 saturated heterocycles. The Balaban J connectivity index is 1.69. The Morgan fingerprint density at radius 3 is 2.23 bits per heavy atom. The minimum Gasteiger partial charge on any atom is -0.496 e. The van der Waals surface area contributed by atoms with Gasteiger partial charge in [0.05, 0.1) is 19.3 Å². The van der Waals surface area contributed by atoms with E-state index in [2.05, 4.69) is 0 Å². The molecule has 8 heteroatoms. The van der Waals surface area contributed by atoms with Crippen LogP contribution in [-0.4, -0.2) is 72.0 Å². The molecule has 35 heavy (non-hydrogen) atoms. The van der Waals surface area contributed by atoms with Crippen molar-refractivity contribution in [2.45, 2.75) is 41.2 Å². The van der Waals surface area contributed by atoms with Crippen LogP contribution in [-0.2, 0) is 16.1 Å². The maximum absolute atomic E-state index is 12.9. The van der Waals surface area contributed by atoms with Crippen molar-refractivity contribution < 1.29 is 23.9 Å². The fourth-order valence-electron chi connectivity index (χ4n) is 4.57.